The van der Waals surface area contributed by atoms with Crippen molar-refractivity contribution < 1.29 is 22.7 Å². The van der Waals surface area contributed by atoms with Gasteiger partial charge in [0.25, 0.3) is 5.91 Å². The van der Waals surface area contributed by atoms with Crippen molar-refractivity contribution in [1.82, 2.24) is 20.1 Å². The molecule has 1 saturated carbocycles. The van der Waals surface area contributed by atoms with Gasteiger partial charge in [-0.3, -0.25) is 9.48 Å². The summed E-state index contributed by atoms with van der Waals surface area (Å²) in [6.07, 6.45) is -2.95. The van der Waals surface area contributed by atoms with E-state index in [4.69, 9.17) is 4.74 Å². The lowest BCUT2D eigenvalue weighted by Gasteiger charge is -2.17. The second-order valence-electron chi connectivity index (χ2n) is 7.92. The Morgan fingerprint density at radius 3 is 2.68 bits per heavy atom. The number of hydrogen-bond acceptors (Lipinski definition) is 4. The molecular weight excluding hydrogens is 409 g/mol. The normalized spacial score (nSPS) is 15.2. The van der Waals surface area contributed by atoms with E-state index in [-0.39, 0.29) is 28.9 Å². The van der Waals surface area contributed by atoms with Crippen LogP contribution in [0.4, 0.5) is 13.2 Å². The quantitative estimate of drug-likeness (QED) is 0.626. The van der Waals surface area contributed by atoms with E-state index in [1.54, 1.807) is 7.05 Å². The number of amides is 1. The average Bonchev–Trinajstić information content (AvgIpc) is 3.49. The van der Waals surface area contributed by atoms with Crippen LogP contribution < -0.4 is 10.1 Å². The number of benzene rings is 1. The van der Waals surface area contributed by atoms with Gasteiger partial charge in [-0.1, -0.05) is 24.3 Å². The predicted molar refractivity (Wildman–Crippen MR) is 109 cm³/mol. The Labute approximate surface area is 177 Å². The maximum Gasteiger partial charge on any atom is 0.417 e. The van der Waals surface area contributed by atoms with Crippen molar-refractivity contribution >= 4 is 16.9 Å². The fourth-order valence-corrected chi connectivity index (χ4v) is 3.77. The smallest absolute Gasteiger partial charge is 0.417 e. The van der Waals surface area contributed by atoms with Crippen molar-refractivity contribution in [2.75, 3.05) is 6.61 Å². The lowest BCUT2D eigenvalue weighted by atomic mass is 10.0. The number of halogens is 3. The van der Waals surface area contributed by atoms with Crippen LogP contribution in [0.1, 0.15) is 54.1 Å². The van der Waals surface area contributed by atoms with E-state index in [1.165, 1.54) is 4.68 Å². The first-order valence-corrected chi connectivity index (χ1v) is 10.1. The number of hydrogen-bond donors (Lipinski definition) is 1. The number of alkyl halides is 3. The summed E-state index contributed by atoms with van der Waals surface area (Å²) in [5.41, 5.74) is 1.67. The molecule has 1 aliphatic carbocycles. The van der Waals surface area contributed by atoms with Gasteiger partial charge in [-0.2, -0.15) is 23.3 Å². The SMILES string of the molecule is Cc1ccccc1C(C)NC(=O)COc1cc(C(F)(F)F)c2c(C3CC3)nn(C)c2n1. The highest BCUT2D eigenvalue weighted by Gasteiger charge is 2.39. The summed E-state index contributed by atoms with van der Waals surface area (Å²) in [6, 6.07) is 8.22. The van der Waals surface area contributed by atoms with E-state index in [0.29, 0.717) is 5.69 Å². The molecule has 3 aromatic rings. The van der Waals surface area contributed by atoms with Crippen molar-refractivity contribution in [3.8, 4) is 5.88 Å². The van der Waals surface area contributed by atoms with Crippen molar-refractivity contribution in [3.63, 3.8) is 0 Å². The number of carbonyl (C=O) groups excluding carboxylic acids is 1. The molecule has 6 nitrogen and oxygen atoms in total. The Morgan fingerprint density at radius 2 is 2.03 bits per heavy atom. The molecule has 1 atom stereocenters. The van der Waals surface area contributed by atoms with Gasteiger partial charge in [0.05, 0.1) is 22.7 Å². The molecule has 1 N–H and O–H groups in total. The third-order valence-electron chi connectivity index (χ3n) is 5.45. The molecule has 0 radical (unpaired) electrons. The highest BCUT2D eigenvalue weighted by molar-refractivity contribution is 5.84. The molecule has 0 bridgehead atoms. The molecule has 0 spiro atoms. The second kappa shape index (κ2) is 7.86. The largest absolute Gasteiger partial charge is 0.467 e. The Morgan fingerprint density at radius 1 is 1.32 bits per heavy atom. The standard InChI is InChI=1S/C22H23F3N4O2/c1-12-6-4-5-7-15(12)13(2)26-17(30)11-31-18-10-16(22(23,24)25)19-20(14-8-9-14)28-29(3)21(19)27-18/h4-7,10,13-14H,8-9,11H2,1-3H3,(H,26,30). The maximum absolute atomic E-state index is 13.8. The maximum atomic E-state index is 13.8. The van der Waals surface area contributed by atoms with Crippen LogP contribution in [0.5, 0.6) is 5.88 Å². The molecule has 2 heterocycles. The summed E-state index contributed by atoms with van der Waals surface area (Å²) < 4.78 is 48.0. The third-order valence-corrected chi connectivity index (χ3v) is 5.45. The fourth-order valence-electron chi connectivity index (χ4n) is 3.77. The minimum absolute atomic E-state index is 0.0162. The lowest BCUT2D eigenvalue weighted by Crippen LogP contribution is -2.31. The van der Waals surface area contributed by atoms with Gasteiger partial charge in [0.2, 0.25) is 5.88 Å². The Kier molecular flexibility index (Phi) is 5.36. The molecule has 0 aliphatic heterocycles. The number of pyridine rings is 1. The number of nitrogens with zero attached hydrogens (tertiary/aromatic N) is 3. The van der Waals surface area contributed by atoms with Crippen LogP contribution in [-0.2, 0) is 18.0 Å². The minimum Gasteiger partial charge on any atom is -0.467 e. The minimum atomic E-state index is -4.59. The van der Waals surface area contributed by atoms with Crippen LogP contribution in [0.15, 0.2) is 30.3 Å². The summed E-state index contributed by atoms with van der Waals surface area (Å²) in [7, 11) is 1.56. The summed E-state index contributed by atoms with van der Waals surface area (Å²) in [5, 5.41) is 7.08. The second-order valence-corrected chi connectivity index (χ2v) is 7.92. The molecule has 1 fully saturated rings. The number of fused-ring (bicyclic) bond motifs is 1. The molecule has 1 amide bonds. The zero-order chi connectivity index (χ0) is 22.3. The van der Waals surface area contributed by atoms with Gasteiger partial charge in [-0.05, 0) is 37.8 Å². The van der Waals surface area contributed by atoms with E-state index in [9.17, 15) is 18.0 Å². The molecule has 4 rings (SSSR count). The van der Waals surface area contributed by atoms with Crippen LogP contribution in [-0.4, -0.2) is 27.3 Å². The van der Waals surface area contributed by atoms with Crippen LogP contribution >= 0.6 is 0 Å². The van der Waals surface area contributed by atoms with E-state index in [0.717, 1.165) is 30.0 Å². The van der Waals surface area contributed by atoms with E-state index in [1.807, 2.05) is 38.1 Å². The van der Waals surface area contributed by atoms with Crippen LogP contribution in [0.3, 0.4) is 0 Å². The summed E-state index contributed by atoms with van der Waals surface area (Å²) in [4.78, 5) is 16.5. The van der Waals surface area contributed by atoms with Crippen molar-refractivity contribution in [1.29, 1.82) is 0 Å². The van der Waals surface area contributed by atoms with Gasteiger partial charge in [-0.25, -0.2) is 0 Å². The lowest BCUT2D eigenvalue weighted by molar-refractivity contribution is -0.136. The molecule has 9 heteroatoms. The molecule has 1 unspecified atom stereocenters. The number of aryl methyl sites for hydroxylation is 2. The van der Waals surface area contributed by atoms with Crippen LogP contribution in [0.25, 0.3) is 11.0 Å². The van der Waals surface area contributed by atoms with Gasteiger partial charge in [0.15, 0.2) is 12.3 Å². The number of rotatable bonds is 6. The highest BCUT2D eigenvalue weighted by atomic mass is 19.4. The van der Waals surface area contributed by atoms with Gasteiger partial charge < -0.3 is 10.1 Å². The zero-order valence-electron chi connectivity index (χ0n) is 17.5. The van der Waals surface area contributed by atoms with Gasteiger partial charge >= 0.3 is 6.18 Å². The predicted octanol–water partition coefficient (Wildman–Crippen LogP) is 4.43. The molecule has 164 valence electrons. The molecule has 1 aromatic carbocycles. The van der Waals surface area contributed by atoms with Crippen LogP contribution in [0.2, 0.25) is 0 Å². The monoisotopic (exact) mass is 432 g/mol. The van der Waals surface area contributed by atoms with Gasteiger partial charge in [0, 0.05) is 19.0 Å². The molecule has 2 aromatic heterocycles. The molecular formula is C22H23F3N4O2. The first kappa shape index (κ1) is 21.1. The Hall–Kier alpha value is -3.10. The molecule has 31 heavy (non-hydrogen) atoms. The number of carbonyl (C=O) groups is 1. The number of aromatic nitrogens is 3. The first-order chi connectivity index (χ1) is 14.6. The van der Waals surface area contributed by atoms with Crippen molar-refractivity contribution in [2.45, 2.75) is 44.8 Å². The topological polar surface area (TPSA) is 69.0 Å². The van der Waals surface area contributed by atoms with E-state index < -0.39 is 24.3 Å². The van der Waals surface area contributed by atoms with Gasteiger partial charge in [0.1, 0.15) is 0 Å². The molecule has 0 saturated heterocycles. The fraction of sp³-hybridized carbons (Fsp3) is 0.409. The highest BCUT2D eigenvalue weighted by Crippen LogP contribution is 2.46. The van der Waals surface area contributed by atoms with E-state index in [2.05, 4.69) is 15.4 Å². The van der Waals surface area contributed by atoms with Crippen molar-refractivity contribution in [3.05, 3.63) is 52.7 Å². The summed E-state index contributed by atoms with van der Waals surface area (Å²) in [5.74, 6) is -0.675. The number of nitrogens with one attached hydrogen (secondary N) is 1. The van der Waals surface area contributed by atoms with Crippen LogP contribution in [0, 0.1) is 6.92 Å². The molecule has 1 aliphatic rings. The first-order valence-electron chi connectivity index (χ1n) is 10.1. The van der Waals surface area contributed by atoms with Crippen molar-refractivity contribution in [2.24, 2.45) is 7.05 Å². The zero-order valence-corrected chi connectivity index (χ0v) is 17.5. The Balaban J connectivity index is 1.54. The van der Waals surface area contributed by atoms with Gasteiger partial charge in [-0.15, -0.1) is 0 Å². The Bertz CT molecular complexity index is 1140. The summed E-state index contributed by atoms with van der Waals surface area (Å²) in [6.45, 7) is 3.33. The summed E-state index contributed by atoms with van der Waals surface area (Å²) >= 11 is 0. The van der Waals surface area contributed by atoms with E-state index >= 15 is 0 Å². The average molecular weight is 432 g/mol. The third kappa shape index (κ3) is 4.35. The number of ether oxygens (including phenoxy) is 1.